The van der Waals surface area contributed by atoms with Crippen molar-refractivity contribution in [1.29, 1.82) is 0 Å². The molecule has 0 saturated carbocycles. The number of pyridine rings is 1. The van der Waals surface area contributed by atoms with Gasteiger partial charge in [-0.3, -0.25) is 4.79 Å². The molecule has 3 aliphatic rings. The molecule has 1 aliphatic carbocycles. The number of aromatic nitrogens is 2. The number of fused-ring (bicyclic) bond motifs is 2. The second kappa shape index (κ2) is 8.02. The molecule has 1 amide bonds. The zero-order chi connectivity index (χ0) is 21.8. The third kappa shape index (κ3) is 3.32. The van der Waals surface area contributed by atoms with E-state index in [1.807, 2.05) is 24.4 Å². The van der Waals surface area contributed by atoms with Crippen LogP contribution in [0.4, 0.5) is 5.82 Å². The van der Waals surface area contributed by atoms with Crippen LogP contribution in [-0.2, 0) is 11.2 Å². The van der Waals surface area contributed by atoms with Crippen LogP contribution in [0, 0.1) is 9.62 Å². The number of piperazine rings is 1. The lowest BCUT2D eigenvalue weighted by Crippen LogP contribution is -2.55. The van der Waals surface area contributed by atoms with Crippen LogP contribution in [0.15, 0.2) is 42.6 Å². The number of nitrogens with one attached hydrogen (secondary N) is 1. The highest BCUT2D eigenvalue weighted by Gasteiger charge is 2.43. The van der Waals surface area contributed by atoms with Crippen molar-refractivity contribution in [3.05, 3.63) is 57.4 Å². The molecule has 2 fully saturated rings. The fourth-order valence-electron chi connectivity index (χ4n) is 6.12. The van der Waals surface area contributed by atoms with Crippen LogP contribution in [-0.4, -0.2) is 71.5 Å². The number of hydrogen-bond acceptors (Lipinski definition) is 4. The molecule has 0 radical (unpaired) electrons. The van der Waals surface area contributed by atoms with E-state index in [1.165, 1.54) is 25.7 Å². The molecule has 2 aliphatic heterocycles. The first-order chi connectivity index (χ1) is 15.6. The smallest absolute Gasteiger partial charge is 0.227 e. The van der Waals surface area contributed by atoms with Crippen molar-refractivity contribution in [1.82, 2.24) is 19.8 Å². The molecule has 6 rings (SSSR count). The second-order valence-electron chi connectivity index (χ2n) is 9.44. The Hall–Kier alpha value is -2.13. The van der Waals surface area contributed by atoms with Crippen LogP contribution in [0.1, 0.15) is 23.5 Å². The van der Waals surface area contributed by atoms with Crippen molar-refractivity contribution < 1.29 is 4.79 Å². The molecule has 32 heavy (non-hydrogen) atoms. The molecule has 0 spiro atoms. The van der Waals surface area contributed by atoms with E-state index >= 15 is 0 Å². The van der Waals surface area contributed by atoms with Crippen molar-refractivity contribution in [2.24, 2.45) is 5.92 Å². The van der Waals surface area contributed by atoms with Crippen LogP contribution in [0.2, 0.25) is 0 Å². The highest BCUT2D eigenvalue weighted by Crippen LogP contribution is 2.45. The Balaban J connectivity index is 1.20. The van der Waals surface area contributed by atoms with Crippen molar-refractivity contribution in [2.45, 2.75) is 24.8 Å². The van der Waals surface area contributed by atoms with Crippen molar-refractivity contribution in [2.75, 3.05) is 44.7 Å². The Morgan fingerprint density at radius 3 is 2.75 bits per heavy atom. The van der Waals surface area contributed by atoms with Crippen LogP contribution in [0.5, 0.6) is 0 Å². The van der Waals surface area contributed by atoms with Gasteiger partial charge >= 0.3 is 0 Å². The highest BCUT2D eigenvalue weighted by molar-refractivity contribution is 14.1. The fraction of sp³-hybridized carbons (Fsp3) is 0.440. The highest BCUT2D eigenvalue weighted by atomic mass is 127. The van der Waals surface area contributed by atoms with Gasteiger partial charge in [0.2, 0.25) is 5.91 Å². The molecule has 3 atom stereocenters. The number of H-pyrrole nitrogens is 1. The molecule has 4 heterocycles. The summed E-state index contributed by atoms with van der Waals surface area (Å²) < 4.78 is 1.26. The largest absolute Gasteiger partial charge is 0.353 e. The molecule has 0 bridgehead atoms. The standard InChI is InChI=1S/C25H28IN5O/c1-29-15-16(25(32)31-11-9-30(10-12-31)22-7-2-3-8-27-22)13-18-17-5-4-6-20-23(17)19(14-21(18)29)24(26)28-20/h2-8,16,18,21,28H,9-15H2,1H3/t16-,18-,21-/m1/s1. The van der Waals surface area contributed by atoms with Gasteiger partial charge in [0.1, 0.15) is 5.82 Å². The maximum absolute atomic E-state index is 13.6. The third-order valence-electron chi connectivity index (χ3n) is 7.71. The average Bonchev–Trinajstić information content (AvgIpc) is 3.16. The SMILES string of the molecule is CN1C[C@H](C(=O)N2CCN(c3ccccn3)CC2)C[C@@H]2c3cccc4[nH]c(I)c(c34)C[C@H]21. The summed E-state index contributed by atoms with van der Waals surface area (Å²) >= 11 is 2.44. The number of likely N-dealkylation sites (N-methyl/N-ethyl adjacent to an activating group) is 1. The lowest BCUT2D eigenvalue weighted by molar-refractivity contribution is -0.138. The quantitative estimate of drug-likeness (QED) is 0.505. The van der Waals surface area contributed by atoms with Gasteiger partial charge in [-0.05, 0) is 71.8 Å². The van der Waals surface area contributed by atoms with E-state index in [4.69, 9.17) is 0 Å². The van der Waals surface area contributed by atoms with Gasteiger partial charge in [-0.25, -0.2) is 4.98 Å². The van der Waals surface area contributed by atoms with Crippen molar-refractivity contribution in [3.63, 3.8) is 0 Å². The summed E-state index contributed by atoms with van der Waals surface area (Å²) in [6.07, 6.45) is 3.86. The maximum Gasteiger partial charge on any atom is 0.227 e. The number of halogens is 1. The molecule has 6 nitrogen and oxygen atoms in total. The zero-order valence-corrected chi connectivity index (χ0v) is 20.5. The third-order valence-corrected chi connectivity index (χ3v) is 8.63. The molecule has 1 N–H and O–H groups in total. The summed E-state index contributed by atoms with van der Waals surface area (Å²) in [6, 6.07) is 13.1. The van der Waals surface area contributed by atoms with Crippen molar-refractivity contribution >= 4 is 45.2 Å². The predicted molar refractivity (Wildman–Crippen MR) is 135 cm³/mol. The van der Waals surface area contributed by atoms with Gasteiger partial charge in [0, 0.05) is 61.8 Å². The summed E-state index contributed by atoms with van der Waals surface area (Å²) in [7, 11) is 2.21. The van der Waals surface area contributed by atoms with E-state index in [-0.39, 0.29) is 5.92 Å². The maximum atomic E-state index is 13.6. The van der Waals surface area contributed by atoms with Gasteiger partial charge in [0.15, 0.2) is 0 Å². The number of amides is 1. The molecule has 2 saturated heterocycles. The lowest BCUT2D eigenvalue weighted by atomic mass is 9.72. The normalized spacial score (nSPS) is 25.8. The summed E-state index contributed by atoms with van der Waals surface area (Å²) in [4.78, 5) is 28.4. The van der Waals surface area contributed by atoms with Gasteiger partial charge in [-0.15, -0.1) is 0 Å². The second-order valence-corrected chi connectivity index (χ2v) is 10.5. The summed E-state index contributed by atoms with van der Waals surface area (Å²) in [6.45, 7) is 4.11. The molecule has 1 aromatic carbocycles. The first-order valence-corrected chi connectivity index (χ1v) is 12.6. The van der Waals surface area contributed by atoms with Crippen LogP contribution in [0.25, 0.3) is 10.9 Å². The summed E-state index contributed by atoms with van der Waals surface area (Å²) in [5, 5.41) is 1.41. The number of piperidine rings is 1. The topological polar surface area (TPSA) is 55.5 Å². The van der Waals surface area contributed by atoms with Gasteiger partial charge in [0.05, 0.1) is 9.62 Å². The molecule has 7 heteroatoms. The number of anilines is 1. The van der Waals surface area contributed by atoms with E-state index < -0.39 is 0 Å². The monoisotopic (exact) mass is 541 g/mol. The van der Waals surface area contributed by atoms with E-state index in [9.17, 15) is 4.79 Å². The lowest BCUT2D eigenvalue weighted by Gasteiger charge is -2.46. The fourth-order valence-corrected chi connectivity index (χ4v) is 6.90. The van der Waals surface area contributed by atoms with E-state index in [1.54, 1.807) is 0 Å². The average molecular weight is 541 g/mol. The minimum absolute atomic E-state index is 0.0671. The van der Waals surface area contributed by atoms with E-state index in [0.29, 0.717) is 17.9 Å². The van der Waals surface area contributed by atoms with E-state index in [0.717, 1.165) is 51.4 Å². The molecule has 2 aromatic heterocycles. The van der Waals surface area contributed by atoms with E-state index in [2.05, 4.69) is 72.5 Å². The number of likely N-dealkylation sites (tertiary alicyclic amines) is 1. The molecule has 166 valence electrons. The molecule has 3 aromatic rings. The number of carbonyl (C=O) groups excluding carboxylic acids is 1. The van der Waals surface area contributed by atoms with Gasteiger partial charge in [-0.2, -0.15) is 0 Å². The number of aromatic amines is 1. The Labute approximate surface area is 202 Å². The first kappa shape index (κ1) is 20.5. The number of hydrogen-bond donors (Lipinski definition) is 1. The molecule has 0 unspecified atom stereocenters. The number of nitrogens with zero attached hydrogens (tertiary/aromatic N) is 4. The van der Waals surface area contributed by atoms with Gasteiger partial charge in [-0.1, -0.05) is 18.2 Å². The predicted octanol–water partition coefficient (Wildman–Crippen LogP) is 3.48. The molecular formula is C25H28IN5O. The van der Waals surface area contributed by atoms with Crippen LogP contribution in [0.3, 0.4) is 0 Å². The summed E-state index contributed by atoms with van der Waals surface area (Å²) in [5.41, 5.74) is 4.12. The number of carbonyl (C=O) groups is 1. The number of benzene rings is 1. The van der Waals surface area contributed by atoms with Gasteiger partial charge in [0.25, 0.3) is 0 Å². The van der Waals surface area contributed by atoms with Crippen LogP contribution < -0.4 is 4.90 Å². The Morgan fingerprint density at radius 2 is 1.97 bits per heavy atom. The minimum atomic E-state index is 0.0671. The Morgan fingerprint density at radius 1 is 1.12 bits per heavy atom. The Kier molecular flexibility index (Phi) is 5.13. The van der Waals surface area contributed by atoms with Gasteiger partial charge < -0.3 is 19.7 Å². The van der Waals surface area contributed by atoms with Crippen LogP contribution >= 0.6 is 22.6 Å². The first-order valence-electron chi connectivity index (χ1n) is 11.5. The Bertz CT molecular complexity index is 1150. The van der Waals surface area contributed by atoms with Crippen molar-refractivity contribution in [3.8, 4) is 0 Å². The minimum Gasteiger partial charge on any atom is -0.353 e. The molecular weight excluding hydrogens is 513 g/mol. The zero-order valence-electron chi connectivity index (χ0n) is 18.3. The summed E-state index contributed by atoms with van der Waals surface area (Å²) in [5.74, 6) is 1.82. The number of rotatable bonds is 2.